The normalized spacial score (nSPS) is 31.8. The summed E-state index contributed by atoms with van der Waals surface area (Å²) in [5.74, 6) is 2.55. The van der Waals surface area contributed by atoms with E-state index in [0.29, 0.717) is 0 Å². The Kier molecular flexibility index (Phi) is 2.78. The molecular formula is C11H20N4. The number of aryl methyl sites for hydroxylation is 1. The monoisotopic (exact) mass is 208 g/mol. The van der Waals surface area contributed by atoms with E-state index in [1.165, 1.54) is 12.8 Å². The Balaban J connectivity index is 2.14. The molecule has 1 heterocycles. The van der Waals surface area contributed by atoms with E-state index in [0.717, 1.165) is 36.8 Å². The SMILES string of the molecule is CCc1nc(C2(N)CCC(C)CC2)n[nH]1. The van der Waals surface area contributed by atoms with Crippen molar-refractivity contribution in [3.8, 4) is 0 Å². The van der Waals surface area contributed by atoms with Crippen molar-refractivity contribution in [2.75, 3.05) is 0 Å². The van der Waals surface area contributed by atoms with E-state index in [-0.39, 0.29) is 5.54 Å². The highest BCUT2D eigenvalue weighted by Gasteiger charge is 2.35. The van der Waals surface area contributed by atoms with Crippen LogP contribution in [0.5, 0.6) is 0 Å². The minimum absolute atomic E-state index is 0.281. The van der Waals surface area contributed by atoms with Crippen molar-refractivity contribution in [3.05, 3.63) is 11.6 Å². The molecule has 0 unspecified atom stereocenters. The number of hydrogen-bond acceptors (Lipinski definition) is 3. The van der Waals surface area contributed by atoms with Crippen molar-refractivity contribution in [2.24, 2.45) is 11.7 Å². The average molecular weight is 208 g/mol. The second kappa shape index (κ2) is 3.93. The van der Waals surface area contributed by atoms with E-state index >= 15 is 0 Å². The van der Waals surface area contributed by atoms with Crippen LogP contribution in [0, 0.1) is 5.92 Å². The smallest absolute Gasteiger partial charge is 0.170 e. The fourth-order valence-electron chi connectivity index (χ4n) is 2.18. The van der Waals surface area contributed by atoms with Gasteiger partial charge in [0.1, 0.15) is 5.82 Å². The van der Waals surface area contributed by atoms with Crippen molar-refractivity contribution in [2.45, 2.75) is 51.5 Å². The van der Waals surface area contributed by atoms with Crippen LogP contribution in [0.2, 0.25) is 0 Å². The third kappa shape index (κ3) is 2.04. The van der Waals surface area contributed by atoms with E-state index < -0.39 is 0 Å². The molecule has 0 aliphatic heterocycles. The first-order chi connectivity index (χ1) is 7.14. The standard InChI is InChI=1S/C11H20N4/c1-3-9-13-10(15-14-9)11(12)6-4-8(2)5-7-11/h8H,3-7,12H2,1-2H3,(H,13,14,15). The molecule has 0 aromatic carbocycles. The van der Waals surface area contributed by atoms with Crippen molar-refractivity contribution >= 4 is 0 Å². The van der Waals surface area contributed by atoms with Crippen LogP contribution in [-0.2, 0) is 12.0 Å². The molecular weight excluding hydrogens is 188 g/mol. The minimum Gasteiger partial charge on any atom is -0.319 e. The second-order valence-electron chi connectivity index (χ2n) is 4.80. The van der Waals surface area contributed by atoms with Gasteiger partial charge in [-0.2, -0.15) is 5.10 Å². The number of nitrogens with zero attached hydrogens (tertiary/aromatic N) is 2. The molecule has 1 aliphatic carbocycles. The Bertz CT molecular complexity index is 323. The van der Waals surface area contributed by atoms with E-state index in [9.17, 15) is 0 Å². The molecule has 1 aromatic heterocycles. The predicted octanol–water partition coefficient (Wildman–Crippen LogP) is 1.73. The van der Waals surface area contributed by atoms with Gasteiger partial charge in [0.25, 0.3) is 0 Å². The number of hydrogen-bond donors (Lipinski definition) is 2. The largest absolute Gasteiger partial charge is 0.319 e. The van der Waals surface area contributed by atoms with Crippen molar-refractivity contribution in [3.63, 3.8) is 0 Å². The van der Waals surface area contributed by atoms with Gasteiger partial charge in [0, 0.05) is 6.42 Å². The van der Waals surface area contributed by atoms with Crippen LogP contribution in [-0.4, -0.2) is 15.2 Å². The maximum atomic E-state index is 6.37. The number of aromatic amines is 1. The zero-order valence-corrected chi connectivity index (χ0v) is 9.58. The molecule has 0 spiro atoms. The summed E-state index contributed by atoms with van der Waals surface area (Å²) in [6, 6.07) is 0. The molecule has 0 bridgehead atoms. The third-order valence-corrected chi connectivity index (χ3v) is 3.48. The Morgan fingerprint density at radius 2 is 2.13 bits per heavy atom. The summed E-state index contributed by atoms with van der Waals surface area (Å²) in [6.45, 7) is 4.35. The second-order valence-corrected chi connectivity index (χ2v) is 4.80. The Hall–Kier alpha value is -0.900. The molecule has 3 N–H and O–H groups in total. The summed E-state index contributed by atoms with van der Waals surface area (Å²) in [5, 5.41) is 7.19. The van der Waals surface area contributed by atoms with Crippen molar-refractivity contribution in [1.82, 2.24) is 15.2 Å². The summed E-state index contributed by atoms with van der Waals surface area (Å²) >= 11 is 0. The lowest BCUT2D eigenvalue weighted by Gasteiger charge is -2.33. The summed E-state index contributed by atoms with van der Waals surface area (Å²) in [7, 11) is 0. The Labute approximate surface area is 90.7 Å². The van der Waals surface area contributed by atoms with Gasteiger partial charge in [-0.15, -0.1) is 0 Å². The quantitative estimate of drug-likeness (QED) is 0.777. The summed E-state index contributed by atoms with van der Waals surface area (Å²) in [6.07, 6.45) is 5.28. The predicted molar refractivity (Wildman–Crippen MR) is 59.3 cm³/mol. The molecule has 15 heavy (non-hydrogen) atoms. The number of nitrogens with one attached hydrogen (secondary N) is 1. The third-order valence-electron chi connectivity index (χ3n) is 3.48. The van der Waals surface area contributed by atoms with Crippen LogP contribution in [0.1, 0.15) is 51.2 Å². The maximum absolute atomic E-state index is 6.37. The molecule has 0 amide bonds. The van der Waals surface area contributed by atoms with E-state index in [4.69, 9.17) is 5.73 Å². The molecule has 0 saturated heterocycles. The molecule has 1 saturated carbocycles. The first-order valence-electron chi connectivity index (χ1n) is 5.84. The van der Waals surface area contributed by atoms with Crippen LogP contribution < -0.4 is 5.73 Å². The van der Waals surface area contributed by atoms with Crippen molar-refractivity contribution in [1.29, 1.82) is 0 Å². The lowest BCUT2D eigenvalue weighted by Crippen LogP contribution is -2.41. The van der Waals surface area contributed by atoms with Gasteiger partial charge in [0.05, 0.1) is 5.54 Å². The Morgan fingerprint density at radius 1 is 1.47 bits per heavy atom. The Morgan fingerprint density at radius 3 is 2.67 bits per heavy atom. The van der Waals surface area contributed by atoms with Gasteiger partial charge < -0.3 is 5.73 Å². The van der Waals surface area contributed by atoms with Crippen LogP contribution >= 0.6 is 0 Å². The van der Waals surface area contributed by atoms with E-state index in [1.54, 1.807) is 0 Å². The minimum atomic E-state index is -0.281. The highest BCUT2D eigenvalue weighted by molar-refractivity contribution is 5.07. The molecule has 1 aromatic rings. The molecule has 84 valence electrons. The first-order valence-corrected chi connectivity index (χ1v) is 5.84. The lowest BCUT2D eigenvalue weighted by molar-refractivity contribution is 0.237. The number of nitrogens with two attached hydrogens (primary N) is 1. The average Bonchev–Trinajstić information content (AvgIpc) is 2.72. The zero-order valence-electron chi connectivity index (χ0n) is 9.58. The van der Waals surface area contributed by atoms with Crippen LogP contribution in [0.15, 0.2) is 0 Å². The lowest BCUT2D eigenvalue weighted by atomic mass is 9.77. The highest BCUT2D eigenvalue weighted by Crippen LogP contribution is 2.35. The fourth-order valence-corrected chi connectivity index (χ4v) is 2.18. The summed E-state index contributed by atoms with van der Waals surface area (Å²) in [5.41, 5.74) is 6.08. The van der Waals surface area contributed by atoms with Gasteiger partial charge in [-0.25, -0.2) is 4.98 Å². The van der Waals surface area contributed by atoms with Crippen molar-refractivity contribution < 1.29 is 0 Å². The fraction of sp³-hybridized carbons (Fsp3) is 0.818. The topological polar surface area (TPSA) is 67.6 Å². The number of rotatable bonds is 2. The molecule has 0 radical (unpaired) electrons. The van der Waals surface area contributed by atoms with Crippen LogP contribution in [0.4, 0.5) is 0 Å². The highest BCUT2D eigenvalue weighted by atomic mass is 15.2. The zero-order chi connectivity index (χ0) is 10.9. The van der Waals surface area contributed by atoms with E-state index in [1.807, 2.05) is 0 Å². The van der Waals surface area contributed by atoms with Gasteiger partial charge in [-0.3, -0.25) is 5.10 Å². The van der Waals surface area contributed by atoms with Gasteiger partial charge in [0.15, 0.2) is 5.82 Å². The first kappa shape index (κ1) is 10.6. The molecule has 4 heteroatoms. The van der Waals surface area contributed by atoms with Gasteiger partial charge in [-0.1, -0.05) is 13.8 Å². The summed E-state index contributed by atoms with van der Waals surface area (Å²) < 4.78 is 0. The maximum Gasteiger partial charge on any atom is 0.170 e. The summed E-state index contributed by atoms with van der Waals surface area (Å²) in [4.78, 5) is 4.46. The molecule has 2 rings (SSSR count). The van der Waals surface area contributed by atoms with Gasteiger partial charge in [0.2, 0.25) is 0 Å². The van der Waals surface area contributed by atoms with Gasteiger partial charge >= 0.3 is 0 Å². The molecule has 1 aliphatic rings. The number of aromatic nitrogens is 3. The van der Waals surface area contributed by atoms with Gasteiger partial charge in [-0.05, 0) is 31.6 Å². The number of H-pyrrole nitrogens is 1. The molecule has 0 atom stereocenters. The van der Waals surface area contributed by atoms with E-state index in [2.05, 4.69) is 29.0 Å². The van der Waals surface area contributed by atoms with Crippen LogP contribution in [0.25, 0.3) is 0 Å². The molecule has 1 fully saturated rings. The molecule has 4 nitrogen and oxygen atoms in total. The van der Waals surface area contributed by atoms with Crippen LogP contribution in [0.3, 0.4) is 0 Å².